The number of rotatable bonds is 5. The molecule has 1 saturated carbocycles. The van der Waals surface area contributed by atoms with Crippen LogP contribution >= 0.6 is 11.6 Å². The number of ether oxygens (including phenoxy) is 1. The lowest BCUT2D eigenvalue weighted by atomic mass is 9.91. The van der Waals surface area contributed by atoms with E-state index < -0.39 is 0 Å². The van der Waals surface area contributed by atoms with E-state index in [4.69, 9.17) is 16.3 Å². The summed E-state index contributed by atoms with van der Waals surface area (Å²) < 4.78 is 5.41. The van der Waals surface area contributed by atoms with Gasteiger partial charge in [-0.25, -0.2) is 0 Å². The van der Waals surface area contributed by atoms with E-state index in [9.17, 15) is 4.79 Å². The van der Waals surface area contributed by atoms with Crippen LogP contribution in [0, 0.1) is 0 Å². The third kappa shape index (κ3) is 5.59. The minimum absolute atomic E-state index is 0.0712. The van der Waals surface area contributed by atoms with Crippen LogP contribution in [-0.4, -0.2) is 49.2 Å². The molecule has 6 heteroatoms. The van der Waals surface area contributed by atoms with Crippen molar-refractivity contribution in [2.75, 3.05) is 31.6 Å². The zero-order valence-corrected chi connectivity index (χ0v) is 15.6. The van der Waals surface area contributed by atoms with Crippen LogP contribution in [0.4, 0.5) is 5.69 Å². The van der Waals surface area contributed by atoms with Crippen LogP contribution in [0.25, 0.3) is 0 Å². The summed E-state index contributed by atoms with van der Waals surface area (Å²) in [7, 11) is 0. The summed E-state index contributed by atoms with van der Waals surface area (Å²) in [5.41, 5.74) is 2.30. The van der Waals surface area contributed by atoms with Crippen molar-refractivity contribution in [2.24, 2.45) is 0 Å². The largest absolute Gasteiger partial charge is 0.382 e. The van der Waals surface area contributed by atoms with E-state index in [1.807, 2.05) is 6.07 Å². The second-order valence-electron chi connectivity index (χ2n) is 7.09. The number of carbonyl (C=O) groups is 1. The Hall–Kier alpha value is -1.30. The fourth-order valence-corrected chi connectivity index (χ4v) is 3.87. The Labute approximate surface area is 155 Å². The molecule has 138 valence electrons. The van der Waals surface area contributed by atoms with E-state index in [-0.39, 0.29) is 5.91 Å². The third-order valence-corrected chi connectivity index (χ3v) is 5.42. The first kappa shape index (κ1) is 18.5. The summed E-state index contributed by atoms with van der Waals surface area (Å²) in [4.78, 5) is 13.5. The first-order valence-electron chi connectivity index (χ1n) is 9.22. The molecule has 3 rings (SSSR count). The van der Waals surface area contributed by atoms with Gasteiger partial charge in [-0.1, -0.05) is 11.6 Å². The zero-order valence-electron chi connectivity index (χ0n) is 14.9. The number of anilines is 1. The molecule has 2 aliphatic rings. The Morgan fingerprint density at radius 2 is 1.88 bits per heavy atom. The predicted molar refractivity (Wildman–Crippen MR) is 101 cm³/mol. The van der Waals surface area contributed by atoms with Gasteiger partial charge in [0.1, 0.15) is 0 Å². The van der Waals surface area contributed by atoms with Gasteiger partial charge in [-0.15, -0.1) is 0 Å². The molecular formula is C19H28ClN3O2. The van der Waals surface area contributed by atoms with Crippen molar-refractivity contribution in [3.8, 4) is 0 Å². The van der Waals surface area contributed by atoms with Crippen LogP contribution in [0.1, 0.15) is 38.2 Å². The van der Waals surface area contributed by atoms with Crippen molar-refractivity contribution in [1.29, 1.82) is 0 Å². The third-order valence-electron chi connectivity index (χ3n) is 5.05. The van der Waals surface area contributed by atoms with Crippen LogP contribution in [0.3, 0.4) is 0 Å². The van der Waals surface area contributed by atoms with Gasteiger partial charge < -0.3 is 15.4 Å². The lowest BCUT2D eigenvalue weighted by Crippen LogP contribution is -2.39. The number of nitrogens with one attached hydrogen (secondary N) is 2. The standard InChI is InChI=1S/C19H28ClN3O2/c1-14(24)21-16-2-4-17(5-3-16)22-18-6-7-19(20)15(12-18)13-23-8-10-25-11-9-23/h6-7,12,16-17,22H,2-5,8-11,13H2,1H3,(H,21,24). The van der Waals surface area contributed by atoms with Gasteiger partial charge in [0.05, 0.1) is 13.2 Å². The molecule has 0 radical (unpaired) electrons. The van der Waals surface area contributed by atoms with Crippen LogP contribution < -0.4 is 10.6 Å². The van der Waals surface area contributed by atoms with E-state index in [1.165, 1.54) is 5.56 Å². The maximum Gasteiger partial charge on any atom is 0.217 e. The summed E-state index contributed by atoms with van der Waals surface area (Å²) >= 11 is 6.40. The lowest BCUT2D eigenvalue weighted by molar-refractivity contribution is -0.119. The molecule has 2 fully saturated rings. The van der Waals surface area contributed by atoms with Crippen molar-refractivity contribution < 1.29 is 9.53 Å². The van der Waals surface area contributed by atoms with Crippen molar-refractivity contribution >= 4 is 23.2 Å². The van der Waals surface area contributed by atoms with E-state index >= 15 is 0 Å². The smallest absolute Gasteiger partial charge is 0.217 e. The summed E-state index contributed by atoms with van der Waals surface area (Å²) in [5.74, 6) is 0.0712. The highest BCUT2D eigenvalue weighted by atomic mass is 35.5. The molecule has 0 unspecified atom stereocenters. The Balaban J connectivity index is 1.54. The monoisotopic (exact) mass is 365 g/mol. The minimum Gasteiger partial charge on any atom is -0.382 e. The average Bonchev–Trinajstić information content (AvgIpc) is 2.60. The number of halogens is 1. The molecule has 1 aliphatic heterocycles. The average molecular weight is 366 g/mol. The normalized spacial score (nSPS) is 24.7. The molecule has 1 aromatic rings. The maximum atomic E-state index is 11.2. The minimum atomic E-state index is 0.0712. The molecule has 0 spiro atoms. The molecular weight excluding hydrogens is 338 g/mol. The predicted octanol–water partition coefficient (Wildman–Crippen LogP) is 3.03. The Morgan fingerprint density at radius 3 is 2.56 bits per heavy atom. The molecule has 5 nitrogen and oxygen atoms in total. The van der Waals surface area contributed by atoms with E-state index in [0.717, 1.165) is 69.2 Å². The second kappa shape index (κ2) is 8.88. The van der Waals surface area contributed by atoms with E-state index in [0.29, 0.717) is 12.1 Å². The topological polar surface area (TPSA) is 53.6 Å². The number of morpholine rings is 1. The van der Waals surface area contributed by atoms with Gasteiger partial charge in [0.25, 0.3) is 0 Å². The summed E-state index contributed by atoms with van der Waals surface area (Å²) in [6.07, 6.45) is 4.22. The van der Waals surface area contributed by atoms with Crippen molar-refractivity contribution in [3.05, 3.63) is 28.8 Å². The highest BCUT2D eigenvalue weighted by Crippen LogP contribution is 2.26. The van der Waals surface area contributed by atoms with Crippen LogP contribution in [-0.2, 0) is 16.1 Å². The summed E-state index contributed by atoms with van der Waals surface area (Å²) in [5, 5.41) is 7.50. The first-order valence-corrected chi connectivity index (χ1v) is 9.60. The number of hydrogen-bond donors (Lipinski definition) is 2. The van der Waals surface area contributed by atoms with Gasteiger partial charge in [-0.2, -0.15) is 0 Å². The number of hydrogen-bond acceptors (Lipinski definition) is 4. The quantitative estimate of drug-likeness (QED) is 0.842. The molecule has 1 heterocycles. The van der Waals surface area contributed by atoms with Gasteiger partial charge in [0.15, 0.2) is 0 Å². The second-order valence-corrected chi connectivity index (χ2v) is 7.50. The Bertz CT molecular complexity index is 582. The van der Waals surface area contributed by atoms with Crippen molar-refractivity contribution in [3.63, 3.8) is 0 Å². The van der Waals surface area contributed by atoms with Crippen molar-refractivity contribution in [1.82, 2.24) is 10.2 Å². The lowest BCUT2D eigenvalue weighted by Gasteiger charge is -2.30. The van der Waals surface area contributed by atoms with Gasteiger partial charge in [-0.3, -0.25) is 9.69 Å². The Morgan fingerprint density at radius 1 is 1.20 bits per heavy atom. The van der Waals surface area contributed by atoms with Crippen LogP contribution in [0.15, 0.2) is 18.2 Å². The van der Waals surface area contributed by atoms with Gasteiger partial charge in [0, 0.05) is 49.4 Å². The van der Waals surface area contributed by atoms with Crippen molar-refractivity contribution in [2.45, 2.75) is 51.2 Å². The zero-order chi connectivity index (χ0) is 17.6. The fourth-order valence-electron chi connectivity index (χ4n) is 3.69. The first-order chi connectivity index (χ1) is 12.1. The van der Waals surface area contributed by atoms with Gasteiger partial charge in [0.2, 0.25) is 5.91 Å². The highest BCUT2D eigenvalue weighted by Gasteiger charge is 2.21. The SMILES string of the molecule is CC(=O)NC1CCC(Nc2ccc(Cl)c(CN3CCOCC3)c2)CC1. The van der Waals surface area contributed by atoms with Crippen LogP contribution in [0.5, 0.6) is 0 Å². The fraction of sp³-hybridized carbons (Fsp3) is 0.632. The van der Waals surface area contributed by atoms with Crippen LogP contribution in [0.2, 0.25) is 5.02 Å². The number of amides is 1. The molecule has 1 aliphatic carbocycles. The number of benzene rings is 1. The molecule has 0 atom stereocenters. The van der Waals surface area contributed by atoms with Gasteiger partial charge >= 0.3 is 0 Å². The molecule has 25 heavy (non-hydrogen) atoms. The molecule has 0 aromatic heterocycles. The molecule has 1 aromatic carbocycles. The highest BCUT2D eigenvalue weighted by molar-refractivity contribution is 6.31. The van der Waals surface area contributed by atoms with E-state index in [2.05, 4.69) is 27.7 Å². The summed E-state index contributed by atoms with van der Waals surface area (Å²) in [6.45, 7) is 5.98. The molecule has 2 N–H and O–H groups in total. The molecule has 1 amide bonds. The summed E-state index contributed by atoms with van der Waals surface area (Å²) in [6, 6.07) is 7.02. The van der Waals surface area contributed by atoms with E-state index in [1.54, 1.807) is 6.92 Å². The molecule has 1 saturated heterocycles. The Kier molecular flexibility index (Phi) is 6.57. The molecule has 0 bridgehead atoms. The number of carbonyl (C=O) groups excluding carboxylic acids is 1. The number of nitrogens with zero attached hydrogens (tertiary/aromatic N) is 1. The van der Waals surface area contributed by atoms with Gasteiger partial charge in [-0.05, 0) is 49.4 Å². The maximum absolute atomic E-state index is 11.2.